The van der Waals surface area contributed by atoms with Crippen LogP contribution in [0.25, 0.3) is 0 Å². The summed E-state index contributed by atoms with van der Waals surface area (Å²) in [7, 11) is 0. The van der Waals surface area contributed by atoms with Crippen LogP contribution in [-0.4, -0.2) is 23.0 Å². The SMILES string of the molecule is CC1CCCN(Cc2ccnc(N)c2)CC1. The average molecular weight is 219 g/mol. The summed E-state index contributed by atoms with van der Waals surface area (Å²) in [4.78, 5) is 6.55. The van der Waals surface area contributed by atoms with Crippen LogP contribution in [-0.2, 0) is 6.54 Å². The van der Waals surface area contributed by atoms with Crippen molar-refractivity contribution < 1.29 is 0 Å². The van der Waals surface area contributed by atoms with Crippen LogP contribution in [0.2, 0.25) is 0 Å². The Morgan fingerprint density at radius 3 is 3.12 bits per heavy atom. The highest BCUT2D eigenvalue weighted by Gasteiger charge is 2.13. The number of nitrogens with two attached hydrogens (primary N) is 1. The zero-order chi connectivity index (χ0) is 11.4. The summed E-state index contributed by atoms with van der Waals surface area (Å²) >= 11 is 0. The number of anilines is 1. The maximum absolute atomic E-state index is 5.69. The normalized spacial score (nSPS) is 22.9. The van der Waals surface area contributed by atoms with E-state index in [1.807, 2.05) is 6.07 Å². The number of hydrogen-bond acceptors (Lipinski definition) is 3. The highest BCUT2D eigenvalue weighted by atomic mass is 15.1. The molecule has 0 spiro atoms. The minimum absolute atomic E-state index is 0.626. The van der Waals surface area contributed by atoms with Gasteiger partial charge in [-0.3, -0.25) is 4.90 Å². The minimum atomic E-state index is 0.626. The summed E-state index contributed by atoms with van der Waals surface area (Å²) in [6.07, 6.45) is 5.81. The molecule has 0 bridgehead atoms. The molecule has 88 valence electrons. The van der Waals surface area contributed by atoms with Gasteiger partial charge in [0.25, 0.3) is 0 Å². The van der Waals surface area contributed by atoms with Crippen LogP contribution in [0.3, 0.4) is 0 Å². The Morgan fingerprint density at radius 1 is 1.44 bits per heavy atom. The predicted molar refractivity (Wildman–Crippen MR) is 66.9 cm³/mol. The topological polar surface area (TPSA) is 42.2 Å². The molecule has 1 saturated heterocycles. The average Bonchev–Trinajstić information content (AvgIpc) is 2.44. The van der Waals surface area contributed by atoms with Crippen molar-refractivity contribution in [2.75, 3.05) is 18.8 Å². The third-order valence-electron chi connectivity index (χ3n) is 3.36. The quantitative estimate of drug-likeness (QED) is 0.829. The van der Waals surface area contributed by atoms with Crippen molar-refractivity contribution in [3.05, 3.63) is 23.9 Å². The third-order valence-corrected chi connectivity index (χ3v) is 3.36. The van der Waals surface area contributed by atoms with E-state index in [1.165, 1.54) is 37.9 Å². The lowest BCUT2D eigenvalue weighted by molar-refractivity contribution is 0.273. The van der Waals surface area contributed by atoms with E-state index >= 15 is 0 Å². The fourth-order valence-electron chi connectivity index (χ4n) is 2.33. The summed E-state index contributed by atoms with van der Waals surface area (Å²) in [5.41, 5.74) is 6.97. The molecule has 0 radical (unpaired) electrons. The Balaban J connectivity index is 1.93. The first-order chi connectivity index (χ1) is 7.74. The molecule has 1 aromatic rings. The summed E-state index contributed by atoms with van der Waals surface area (Å²) < 4.78 is 0. The molecule has 0 aromatic carbocycles. The van der Waals surface area contributed by atoms with Gasteiger partial charge in [-0.1, -0.05) is 6.92 Å². The van der Waals surface area contributed by atoms with Crippen molar-refractivity contribution in [3.8, 4) is 0 Å². The molecule has 1 aliphatic rings. The molecular weight excluding hydrogens is 198 g/mol. The molecule has 1 unspecified atom stereocenters. The number of nitrogens with zero attached hydrogens (tertiary/aromatic N) is 2. The smallest absolute Gasteiger partial charge is 0.123 e. The first-order valence-corrected chi connectivity index (χ1v) is 6.17. The summed E-state index contributed by atoms with van der Waals surface area (Å²) in [5.74, 6) is 1.51. The van der Waals surface area contributed by atoms with Gasteiger partial charge in [-0.15, -0.1) is 0 Å². The number of likely N-dealkylation sites (tertiary alicyclic amines) is 1. The zero-order valence-corrected chi connectivity index (χ0v) is 10.0. The molecule has 2 heterocycles. The molecule has 3 heteroatoms. The summed E-state index contributed by atoms with van der Waals surface area (Å²) in [6, 6.07) is 4.04. The monoisotopic (exact) mass is 219 g/mol. The standard InChI is InChI=1S/C13H21N3/c1-11-3-2-7-16(8-5-11)10-12-4-6-15-13(14)9-12/h4,6,9,11H,2-3,5,7-8,10H2,1H3,(H2,14,15). The van der Waals surface area contributed by atoms with Gasteiger partial charge in [-0.2, -0.15) is 0 Å². The molecule has 16 heavy (non-hydrogen) atoms. The highest BCUT2D eigenvalue weighted by Crippen LogP contribution is 2.18. The maximum atomic E-state index is 5.69. The largest absolute Gasteiger partial charge is 0.384 e. The van der Waals surface area contributed by atoms with Gasteiger partial charge in [0.2, 0.25) is 0 Å². The second-order valence-electron chi connectivity index (χ2n) is 4.90. The van der Waals surface area contributed by atoms with Crippen molar-refractivity contribution in [1.82, 2.24) is 9.88 Å². The lowest BCUT2D eigenvalue weighted by Crippen LogP contribution is -2.24. The van der Waals surface area contributed by atoms with Gasteiger partial charge in [0.15, 0.2) is 0 Å². The molecule has 3 nitrogen and oxygen atoms in total. The van der Waals surface area contributed by atoms with Crippen LogP contribution in [0, 0.1) is 5.92 Å². The Kier molecular flexibility index (Phi) is 3.78. The number of aromatic nitrogens is 1. The van der Waals surface area contributed by atoms with Crippen LogP contribution < -0.4 is 5.73 Å². The Labute approximate surface area is 97.7 Å². The zero-order valence-electron chi connectivity index (χ0n) is 10.0. The molecule has 1 aliphatic heterocycles. The molecular formula is C13H21N3. The molecule has 0 saturated carbocycles. The van der Waals surface area contributed by atoms with Crippen molar-refractivity contribution in [1.29, 1.82) is 0 Å². The van der Waals surface area contributed by atoms with Crippen LogP contribution in [0.1, 0.15) is 31.7 Å². The fourth-order valence-corrected chi connectivity index (χ4v) is 2.33. The van der Waals surface area contributed by atoms with E-state index in [4.69, 9.17) is 5.73 Å². The van der Waals surface area contributed by atoms with Crippen molar-refractivity contribution in [2.24, 2.45) is 5.92 Å². The minimum Gasteiger partial charge on any atom is -0.384 e. The number of hydrogen-bond donors (Lipinski definition) is 1. The van der Waals surface area contributed by atoms with Crippen molar-refractivity contribution in [2.45, 2.75) is 32.7 Å². The Bertz CT molecular complexity index is 338. The number of pyridine rings is 1. The van der Waals surface area contributed by atoms with Crippen LogP contribution in [0.4, 0.5) is 5.82 Å². The molecule has 0 amide bonds. The lowest BCUT2D eigenvalue weighted by atomic mass is 10.0. The third kappa shape index (κ3) is 3.20. The van der Waals surface area contributed by atoms with Gasteiger partial charge >= 0.3 is 0 Å². The number of nitrogen functional groups attached to an aromatic ring is 1. The second kappa shape index (κ2) is 5.30. The second-order valence-corrected chi connectivity index (χ2v) is 4.90. The van der Waals surface area contributed by atoms with E-state index in [9.17, 15) is 0 Å². The first-order valence-electron chi connectivity index (χ1n) is 6.17. The number of rotatable bonds is 2. The van der Waals surface area contributed by atoms with Crippen LogP contribution in [0.5, 0.6) is 0 Å². The van der Waals surface area contributed by atoms with Crippen LogP contribution >= 0.6 is 0 Å². The van der Waals surface area contributed by atoms with Gasteiger partial charge in [-0.05, 0) is 56.0 Å². The van der Waals surface area contributed by atoms with Gasteiger partial charge in [0.1, 0.15) is 5.82 Å². The molecule has 1 aromatic heterocycles. The molecule has 1 atom stereocenters. The lowest BCUT2D eigenvalue weighted by Gasteiger charge is -2.19. The van der Waals surface area contributed by atoms with Gasteiger partial charge in [-0.25, -0.2) is 4.98 Å². The van der Waals surface area contributed by atoms with Gasteiger partial charge in [0.05, 0.1) is 0 Å². The van der Waals surface area contributed by atoms with E-state index in [1.54, 1.807) is 6.20 Å². The van der Waals surface area contributed by atoms with Gasteiger partial charge < -0.3 is 5.73 Å². The van der Waals surface area contributed by atoms with Crippen LogP contribution in [0.15, 0.2) is 18.3 Å². The van der Waals surface area contributed by atoms with E-state index in [2.05, 4.69) is 22.9 Å². The molecule has 1 fully saturated rings. The maximum Gasteiger partial charge on any atom is 0.123 e. The summed E-state index contributed by atoms with van der Waals surface area (Å²) in [6.45, 7) is 5.79. The van der Waals surface area contributed by atoms with E-state index < -0.39 is 0 Å². The highest BCUT2D eigenvalue weighted by molar-refractivity contribution is 5.31. The van der Waals surface area contributed by atoms with E-state index in [0.29, 0.717) is 5.82 Å². The Hall–Kier alpha value is -1.09. The molecule has 0 aliphatic carbocycles. The summed E-state index contributed by atoms with van der Waals surface area (Å²) in [5, 5.41) is 0. The predicted octanol–water partition coefficient (Wildman–Crippen LogP) is 2.29. The molecule has 2 N–H and O–H groups in total. The van der Waals surface area contributed by atoms with Crippen molar-refractivity contribution in [3.63, 3.8) is 0 Å². The van der Waals surface area contributed by atoms with Crippen molar-refractivity contribution >= 4 is 5.82 Å². The van der Waals surface area contributed by atoms with E-state index in [-0.39, 0.29) is 0 Å². The Morgan fingerprint density at radius 2 is 2.31 bits per heavy atom. The molecule has 2 rings (SSSR count). The van der Waals surface area contributed by atoms with E-state index in [0.717, 1.165) is 12.5 Å². The first kappa shape index (κ1) is 11.4. The van der Waals surface area contributed by atoms with Gasteiger partial charge in [0, 0.05) is 12.7 Å². The fraction of sp³-hybridized carbons (Fsp3) is 0.615.